The quantitative estimate of drug-likeness (QED) is 0.562. The first-order valence-electron chi connectivity index (χ1n) is 9.12. The summed E-state index contributed by atoms with van der Waals surface area (Å²) in [4.78, 5) is 34.2. The average Bonchev–Trinajstić information content (AvgIpc) is 3.05. The van der Waals surface area contributed by atoms with Crippen LogP contribution >= 0.6 is 11.8 Å². The Morgan fingerprint density at radius 2 is 1.93 bits per heavy atom. The van der Waals surface area contributed by atoms with Crippen molar-refractivity contribution in [1.82, 2.24) is 4.90 Å². The highest BCUT2D eigenvalue weighted by Gasteiger charge is 2.59. The maximum atomic E-state index is 13.2. The number of amides is 1. The number of thioether (sulfide) groups is 1. The lowest BCUT2D eigenvalue weighted by Crippen LogP contribution is -2.46. The molecule has 0 aromatic heterocycles. The summed E-state index contributed by atoms with van der Waals surface area (Å²) >= 11 is 1.57. The third kappa shape index (κ3) is 3.31. The normalized spacial score (nSPS) is 20.5. The van der Waals surface area contributed by atoms with E-state index in [1.54, 1.807) is 22.7 Å². The molecule has 1 saturated heterocycles. The summed E-state index contributed by atoms with van der Waals surface area (Å²) < 4.78 is 4.97. The van der Waals surface area contributed by atoms with Gasteiger partial charge in [-0.1, -0.05) is 53.7 Å². The molecule has 1 amide bonds. The van der Waals surface area contributed by atoms with Gasteiger partial charge in [0.25, 0.3) is 11.5 Å². The van der Waals surface area contributed by atoms with E-state index in [9.17, 15) is 9.59 Å². The fourth-order valence-electron chi connectivity index (χ4n) is 3.61. The standard InChI is InChI=1S/C22H20N2O4S/c1-27-21(26)22-14-24(13-15-8-4-3-5-9-15)20(25)17(22)12-18(23-28-22)16-10-6-7-11-19(16)29-2/h3-12H,13-14H2,1-2H3. The van der Waals surface area contributed by atoms with Crippen molar-refractivity contribution < 1.29 is 19.2 Å². The second-order valence-electron chi connectivity index (χ2n) is 6.79. The molecule has 0 aliphatic carbocycles. The number of likely N-dealkylation sites (tertiary alicyclic amines) is 1. The zero-order chi connectivity index (χ0) is 20.4. The van der Waals surface area contributed by atoms with E-state index in [2.05, 4.69) is 5.16 Å². The van der Waals surface area contributed by atoms with Gasteiger partial charge in [-0.3, -0.25) is 4.79 Å². The second-order valence-corrected chi connectivity index (χ2v) is 7.64. The topological polar surface area (TPSA) is 68.2 Å². The molecular weight excluding hydrogens is 388 g/mol. The van der Waals surface area contributed by atoms with Crippen LogP contribution in [0.5, 0.6) is 0 Å². The number of oxime groups is 1. The monoisotopic (exact) mass is 408 g/mol. The molecule has 0 bridgehead atoms. The lowest BCUT2D eigenvalue weighted by molar-refractivity contribution is -0.164. The zero-order valence-corrected chi connectivity index (χ0v) is 16.9. The number of hydrogen-bond donors (Lipinski definition) is 0. The number of allylic oxidation sites excluding steroid dienone is 1. The lowest BCUT2D eigenvalue weighted by atomic mass is 9.93. The Kier molecular flexibility index (Phi) is 5.15. The third-order valence-electron chi connectivity index (χ3n) is 5.06. The van der Waals surface area contributed by atoms with E-state index in [-0.39, 0.29) is 18.0 Å². The molecule has 1 unspecified atom stereocenters. The van der Waals surface area contributed by atoms with E-state index >= 15 is 0 Å². The SMILES string of the molecule is COC(=O)C12CN(Cc3ccccc3)C(=O)C1=CC(c1ccccc1SC)=NO2. The van der Waals surface area contributed by atoms with Crippen LogP contribution in [0.3, 0.4) is 0 Å². The van der Waals surface area contributed by atoms with Gasteiger partial charge in [0.2, 0.25) is 0 Å². The second kappa shape index (κ2) is 7.75. The van der Waals surface area contributed by atoms with Crippen LogP contribution in [-0.4, -0.2) is 48.0 Å². The van der Waals surface area contributed by atoms with Crippen LogP contribution < -0.4 is 0 Å². The van der Waals surface area contributed by atoms with Gasteiger partial charge in [0, 0.05) is 17.0 Å². The largest absolute Gasteiger partial charge is 0.466 e. The molecule has 1 fully saturated rings. The van der Waals surface area contributed by atoms with Crippen LogP contribution in [0.4, 0.5) is 0 Å². The summed E-state index contributed by atoms with van der Waals surface area (Å²) in [6, 6.07) is 17.3. The van der Waals surface area contributed by atoms with Crippen molar-refractivity contribution in [2.45, 2.75) is 17.0 Å². The number of carbonyl (C=O) groups is 2. The van der Waals surface area contributed by atoms with Gasteiger partial charge in [0.05, 0.1) is 19.2 Å². The molecule has 0 N–H and O–H groups in total. The first-order chi connectivity index (χ1) is 14.1. The van der Waals surface area contributed by atoms with Gasteiger partial charge >= 0.3 is 5.97 Å². The van der Waals surface area contributed by atoms with Gasteiger partial charge in [-0.05, 0) is 24.0 Å². The molecule has 29 heavy (non-hydrogen) atoms. The van der Waals surface area contributed by atoms with Crippen LogP contribution in [0.2, 0.25) is 0 Å². The average molecular weight is 408 g/mol. The number of fused-ring (bicyclic) bond motifs is 1. The Morgan fingerprint density at radius 3 is 2.66 bits per heavy atom. The fraction of sp³-hybridized carbons (Fsp3) is 0.227. The number of rotatable bonds is 5. The van der Waals surface area contributed by atoms with E-state index in [0.717, 1.165) is 16.0 Å². The number of carbonyl (C=O) groups excluding carboxylic acids is 2. The summed E-state index contributed by atoms with van der Waals surface area (Å²) in [6.45, 7) is 0.427. The van der Waals surface area contributed by atoms with E-state index in [4.69, 9.17) is 9.57 Å². The Balaban J connectivity index is 1.72. The Bertz CT molecular complexity index is 1020. The number of ether oxygens (including phenoxy) is 1. The van der Waals surface area contributed by atoms with Gasteiger partial charge in [-0.25, -0.2) is 4.79 Å². The predicted molar refractivity (Wildman–Crippen MR) is 111 cm³/mol. The lowest BCUT2D eigenvalue weighted by Gasteiger charge is -2.27. The van der Waals surface area contributed by atoms with Crippen LogP contribution in [0.25, 0.3) is 0 Å². The Hall–Kier alpha value is -3.06. The molecule has 0 spiro atoms. The van der Waals surface area contributed by atoms with Crippen LogP contribution in [-0.2, 0) is 25.7 Å². The van der Waals surface area contributed by atoms with Crippen molar-refractivity contribution in [2.75, 3.05) is 19.9 Å². The van der Waals surface area contributed by atoms with E-state index in [1.807, 2.05) is 60.9 Å². The van der Waals surface area contributed by atoms with Crippen LogP contribution in [0.15, 0.2) is 76.3 Å². The smallest absolute Gasteiger partial charge is 0.360 e. The van der Waals surface area contributed by atoms with E-state index in [1.165, 1.54) is 7.11 Å². The number of hydrogen-bond acceptors (Lipinski definition) is 6. The molecule has 2 heterocycles. The summed E-state index contributed by atoms with van der Waals surface area (Å²) in [5, 5.41) is 4.22. The van der Waals surface area contributed by atoms with Gasteiger partial charge in [-0.2, -0.15) is 0 Å². The minimum Gasteiger partial charge on any atom is -0.466 e. The number of methoxy groups -OCH3 is 1. The fourth-order valence-corrected chi connectivity index (χ4v) is 4.21. The number of esters is 1. The van der Waals surface area contributed by atoms with Gasteiger partial charge < -0.3 is 14.5 Å². The predicted octanol–water partition coefficient (Wildman–Crippen LogP) is 3.02. The Labute approximate surface area is 173 Å². The van der Waals surface area contributed by atoms with Gasteiger partial charge in [0.15, 0.2) is 0 Å². The van der Waals surface area contributed by atoms with Crippen molar-refractivity contribution in [1.29, 1.82) is 0 Å². The van der Waals surface area contributed by atoms with E-state index < -0.39 is 11.6 Å². The molecule has 0 radical (unpaired) electrons. The van der Waals surface area contributed by atoms with Crippen molar-refractivity contribution in [2.24, 2.45) is 5.16 Å². The third-order valence-corrected chi connectivity index (χ3v) is 5.86. The Morgan fingerprint density at radius 1 is 1.21 bits per heavy atom. The molecule has 4 rings (SSSR count). The van der Waals surface area contributed by atoms with Gasteiger partial charge in [0.1, 0.15) is 5.71 Å². The summed E-state index contributed by atoms with van der Waals surface area (Å²) in [6.07, 6.45) is 3.63. The molecule has 2 aromatic rings. The highest BCUT2D eigenvalue weighted by Crippen LogP contribution is 2.38. The van der Waals surface area contributed by atoms with Crippen LogP contribution in [0, 0.1) is 0 Å². The molecule has 1 atom stereocenters. The molecule has 2 aromatic carbocycles. The van der Waals surface area contributed by atoms with Crippen molar-refractivity contribution in [3.05, 3.63) is 77.4 Å². The first kappa shape index (κ1) is 19.3. The highest BCUT2D eigenvalue weighted by atomic mass is 32.2. The number of nitrogens with zero attached hydrogens (tertiary/aromatic N) is 2. The molecule has 148 valence electrons. The van der Waals surface area contributed by atoms with Crippen molar-refractivity contribution in [3.8, 4) is 0 Å². The molecule has 0 saturated carbocycles. The number of benzene rings is 2. The molecule has 2 aliphatic rings. The van der Waals surface area contributed by atoms with Crippen molar-refractivity contribution in [3.63, 3.8) is 0 Å². The highest BCUT2D eigenvalue weighted by molar-refractivity contribution is 7.98. The summed E-state index contributed by atoms with van der Waals surface area (Å²) in [7, 11) is 1.28. The minimum absolute atomic E-state index is 0.0557. The molecule has 7 heteroatoms. The van der Waals surface area contributed by atoms with E-state index in [0.29, 0.717) is 12.3 Å². The van der Waals surface area contributed by atoms with Crippen LogP contribution in [0.1, 0.15) is 11.1 Å². The maximum Gasteiger partial charge on any atom is 0.360 e. The molecule has 6 nitrogen and oxygen atoms in total. The zero-order valence-electron chi connectivity index (χ0n) is 16.1. The van der Waals surface area contributed by atoms with Gasteiger partial charge in [-0.15, -0.1) is 11.8 Å². The molecular formula is C22H20N2O4S. The minimum atomic E-state index is -1.54. The summed E-state index contributed by atoms with van der Waals surface area (Å²) in [5.74, 6) is -0.887. The maximum absolute atomic E-state index is 13.2. The first-order valence-corrected chi connectivity index (χ1v) is 10.3. The van der Waals surface area contributed by atoms with Crippen molar-refractivity contribution >= 4 is 29.4 Å². The molecule has 2 aliphatic heterocycles. The summed E-state index contributed by atoms with van der Waals surface area (Å²) in [5.41, 5.74) is 1.04.